The summed E-state index contributed by atoms with van der Waals surface area (Å²) in [6, 6.07) is 0. The van der Waals surface area contributed by atoms with Gasteiger partial charge < -0.3 is 16.0 Å². The molecule has 0 bridgehead atoms. The molecule has 0 aliphatic carbocycles. The van der Waals surface area contributed by atoms with Crippen molar-refractivity contribution in [3.05, 3.63) is 0 Å². The van der Waals surface area contributed by atoms with Crippen LogP contribution in [-0.2, 0) is 0 Å². The third kappa shape index (κ3) is 7.49. The molecule has 0 heterocycles. The number of hydrogen-bond donors (Lipinski definition) is 3. The Labute approximate surface area is 109 Å². The van der Waals surface area contributed by atoms with Gasteiger partial charge in [-0.05, 0) is 30.3 Å². The number of hydrogen-bond acceptors (Lipinski definition) is 4. The number of oxime groups is 1. The van der Waals surface area contributed by atoms with E-state index in [4.69, 9.17) is 16.0 Å². The molecule has 0 aromatic heterocycles. The van der Waals surface area contributed by atoms with E-state index in [1.807, 2.05) is 25.6 Å². The third-order valence-corrected chi connectivity index (χ3v) is 4.24. The lowest BCUT2D eigenvalue weighted by Crippen LogP contribution is -2.31. The molecular formula is C12H26N2O2S. The molecule has 4 N–H and O–H groups in total. The van der Waals surface area contributed by atoms with Crippen molar-refractivity contribution in [3.63, 3.8) is 0 Å². The molecule has 17 heavy (non-hydrogen) atoms. The summed E-state index contributed by atoms with van der Waals surface area (Å²) < 4.78 is 0. The van der Waals surface area contributed by atoms with E-state index in [2.05, 4.69) is 12.1 Å². The molecule has 0 aliphatic rings. The van der Waals surface area contributed by atoms with Crippen molar-refractivity contribution >= 4 is 17.6 Å². The molecule has 0 amide bonds. The van der Waals surface area contributed by atoms with E-state index in [1.165, 1.54) is 0 Å². The topological polar surface area (TPSA) is 78.8 Å². The second kappa shape index (κ2) is 8.64. The van der Waals surface area contributed by atoms with Gasteiger partial charge in [-0.1, -0.05) is 32.3 Å². The molecule has 1 unspecified atom stereocenters. The van der Waals surface area contributed by atoms with E-state index < -0.39 is 0 Å². The summed E-state index contributed by atoms with van der Waals surface area (Å²) in [6.45, 7) is 6.30. The second-order valence-corrected chi connectivity index (χ2v) is 6.34. The van der Waals surface area contributed by atoms with Crippen LogP contribution in [0.15, 0.2) is 5.16 Å². The molecule has 0 spiro atoms. The van der Waals surface area contributed by atoms with Gasteiger partial charge in [-0.15, -0.1) is 0 Å². The first kappa shape index (κ1) is 16.6. The summed E-state index contributed by atoms with van der Waals surface area (Å²) in [7, 11) is 0. The number of nitrogens with two attached hydrogens (primary N) is 1. The fourth-order valence-electron chi connectivity index (χ4n) is 1.37. The number of amidine groups is 1. The van der Waals surface area contributed by atoms with Crippen LogP contribution in [0.2, 0.25) is 0 Å². The first-order valence-corrected chi connectivity index (χ1v) is 7.26. The first-order chi connectivity index (χ1) is 7.94. The van der Waals surface area contributed by atoms with Crippen molar-refractivity contribution in [2.24, 2.45) is 22.2 Å². The number of thioether (sulfide) groups is 1. The highest BCUT2D eigenvalue weighted by Gasteiger charge is 2.22. The minimum atomic E-state index is -0.224. The minimum Gasteiger partial charge on any atom is -0.409 e. The van der Waals surface area contributed by atoms with Crippen LogP contribution in [0.4, 0.5) is 0 Å². The summed E-state index contributed by atoms with van der Waals surface area (Å²) in [5.74, 6) is 2.81. The molecule has 1 atom stereocenters. The highest BCUT2D eigenvalue weighted by Crippen LogP contribution is 2.24. The largest absolute Gasteiger partial charge is 0.409 e. The van der Waals surface area contributed by atoms with Crippen LogP contribution in [-0.4, -0.2) is 34.3 Å². The number of aliphatic hydroxyl groups excluding tert-OH is 1. The lowest BCUT2D eigenvalue weighted by atomic mass is 9.86. The van der Waals surface area contributed by atoms with Gasteiger partial charge in [-0.25, -0.2) is 0 Å². The van der Waals surface area contributed by atoms with Gasteiger partial charge in [-0.3, -0.25) is 0 Å². The molecular weight excluding hydrogens is 236 g/mol. The predicted octanol–water partition coefficient (Wildman–Crippen LogP) is 2.29. The number of nitrogens with zero attached hydrogens (tertiary/aromatic N) is 1. The molecule has 4 nitrogen and oxygen atoms in total. The maximum Gasteiger partial charge on any atom is 0.144 e. The highest BCUT2D eigenvalue weighted by molar-refractivity contribution is 7.99. The average molecular weight is 262 g/mol. The monoisotopic (exact) mass is 262 g/mol. The Morgan fingerprint density at radius 2 is 2.06 bits per heavy atom. The van der Waals surface area contributed by atoms with E-state index in [0.717, 1.165) is 30.8 Å². The Morgan fingerprint density at radius 3 is 2.59 bits per heavy atom. The lowest BCUT2D eigenvalue weighted by molar-refractivity contribution is 0.250. The zero-order valence-electron chi connectivity index (χ0n) is 11.1. The predicted molar refractivity (Wildman–Crippen MR) is 74.6 cm³/mol. The van der Waals surface area contributed by atoms with Crippen molar-refractivity contribution in [2.45, 2.75) is 40.0 Å². The van der Waals surface area contributed by atoms with E-state index in [1.54, 1.807) is 0 Å². The normalized spacial score (nSPS) is 14.9. The Kier molecular flexibility index (Phi) is 8.43. The maximum atomic E-state index is 8.87. The van der Waals surface area contributed by atoms with E-state index >= 15 is 0 Å². The molecule has 102 valence electrons. The molecule has 0 saturated carbocycles. The van der Waals surface area contributed by atoms with Gasteiger partial charge in [-0.2, -0.15) is 11.8 Å². The summed E-state index contributed by atoms with van der Waals surface area (Å²) in [6.07, 6.45) is 3.13. The van der Waals surface area contributed by atoms with Gasteiger partial charge in [0.25, 0.3) is 0 Å². The van der Waals surface area contributed by atoms with Gasteiger partial charge >= 0.3 is 0 Å². The summed E-state index contributed by atoms with van der Waals surface area (Å²) in [4.78, 5) is 0. The minimum absolute atomic E-state index is 0.224. The quantitative estimate of drug-likeness (QED) is 0.196. The van der Waals surface area contributed by atoms with Crippen LogP contribution >= 0.6 is 11.8 Å². The van der Waals surface area contributed by atoms with Crippen LogP contribution in [0, 0.1) is 11.3 Å². The zero-order chi connectivity index (χ0) is 13.3. The number of aliphatic hydroxyl groups is 1. The van der Waals surface area contributed by atoms with Gasteiger partial charge in [0.15, 0.2) is 0 Å². The second-order valence-electron chi connectivity index (χ2n) is 5.19. The van der Waals surface area contributed by atoms with Crippen LogP contribution in [0.25, 0.3) is 0 Å². The van der Waals surface area contributed by atoms with Crippen LogP contribution in [0.5, 0.6) is 0 Å². The molecule has 0 rings (SSSR count). The van der Waals surface area contributed by atoms with E-state index in [-0.39, 0.29) is 12.0 Å². The molecule has 0 aromatic carbocycles. The highest BCUT2D eigenvalue weighted by atomic mass is 32.2. The van der Waals surface area contributed by atoms with Gasteiger partial charge in [0, 0.05) is 12.0 Å². The Bertz CT molecular complexity index is 233. The van der Waals surface area contributed by atoms with Gasteiger partial charge in [0.05, 0.1) is 0 Å². The molecule has 0 saturated heterocycles. The van der Waals surface area contributed by atoms with Crippen LogP contribution in [0.3, 0.4) is 0 Å². The van der Waals surface area contributed by atoms with Gasteiger partial charge in [0.1, 0.15) is 5.84 Å². The Morgan fingerprint density at radius 1 is 1.41 bits per heavy atom. The molecule has 0 radical (unpaired) electrons. The Balaban J connectivity index is 3.58. The van der Waals surface area contributed by atoms with E-state index in [0.29, 0.717) is 11.8 Å². The zero-order valence-corrected chi connectivity index (χ0v) is 12.0. The fraction of sp³-hybridized carbons (Fsp3) is 0.917. The first-order valence-electron chi connectivity index (χ1n) is 6.10. The van der Waals surface area contributed by atoms with E-state index in [9.17, 15) is 0 Å². The van der Waals surface area contributed by atoms with Crippen LogP contribution < -0.4 is 5.73 Å². The van der Waals surface area contributed by atoms with Crippen molar-refractivity contribution in [1.82, 2.24) is 0 Å². The lowest BCUT2D eigenvalue weighted by Gasteiger charge is -2.22. The Hall–Kier alpha value is -0.420. The SMILES string of the molecule is CC(CO)CSCCCCC(C)(C)C(N)=NO. The summed E-state index contributed by atoms with van der Waals surface area (Å²) in [5.41, 5.74) is 5.39. The van der Waals surface area contributed by atoms with Crippen molar-refractivity contribution in [2.75, 3.05) is 18.1 Å². The van der Waals surface area contributed by atoms with Crippen molar-refractivity contribution in [3.8, 4) is 0 Å². The fourth-order valence-corrected chi connectivity index (χ4v) is 2.45. The molecule has 0 aromatic rings. The van der Waals surface area contributed by atoms with Crippen molar-refractivity contribution in [1.29, 1.82) is 0 Å². The summed E-state index contributed by atoms with van der Waals surface area (Å²) >= 11 is 1.88. The number of unbranched alkanes of at least 4 members (excludes halogenated alkanes) is 1. The van der Waals surface area contributed by atoms with Gasteiger partial charge in [0.2, 0.25) is 0 Å². The number of rotatable bonds is 9. The maximum absolute atomic E-state index is 8.87. The molecule has 0 aliphatic heterocycles. The molecule has 5 heteroatoms. The standard InChI is InChI=1S/C12H26N2O2S/c1-10(8-15)9-17-7-5-4-6-12(2,3)11(13)14-16/h10,15-16H,4-9H2,1-3H3,(H2,13,14). The summed E-state index contributed by atoms with van der Waals surface area (Å²) in [5, 5.41) is 20.6. The average Bonchev–Trinajstić information content (AvgIpc) is 2.31. The smallest absolute Gasteiger partial charge is 0.144 e. The van der Waals surface area contributed by atoms with Crippen molar-refractivity contribution < 1.29 is 10.3 Å². The third-order valence-electron chi connectivity index (χ3n) is 2.86. The van der Waals surface area contributed by atoms with Crippen LogP contribution in [0.1, 0.15) is 40.0 Å². The molecule has 0 fully saturated rings.